The Morgan fingerprint density at radius 2 is 1.68 bits per heavy atom. The van der Waals surface area contributed by atoms with Crippen LogP contribution in [0.4, 0.5) is 11.4 Å². The first kappa shape index (κ1) is 20.8. The van der Waals surface area contributed by atoms with Crippen molar-refractivity contribution in [3.8, 4) is 0 Å². The van der Waals surface area contributed by atoms with Crippen molar-refractivity contribution in [2.24, 2.45) is 0 Å². The minimum atomic E-state index is -0.561. The van der Waals surface area contributed by atoms with E-state index in [9.17, 15) is 14.7 Å². The highest BCUT2D eigenvalue weighted by atomic mass is 16.3. The van der Waals surface area contributed by atoms with E-state index in [1.165, 1.54) is 0 Å². The molecule has 0 aliphatic carbocycles. The van der Waals surface area contributed by atoms with Crippen LogP contribution in [0.2, 0.25) is 0 Å². The quantitative estimate of drug-likeness (QED) is 0.632. The van der Waals surface area contributed by atoms with Gasteiger partial charge < -0.3 is 15.3 Å². The summed E-state index contributed by atoms with van der Waals surface area (Å²) in [6.07, 6.45) is 0.795. The van der Waals surface area contributed by atoms with Crippen molar-refractivity contribution in [2.75, 3.05) is 16.8 Å². The van der Waals surface area contributed by atoms with Gasteiger partial charge in [0.15, 0.2) is 0 Å². The van der Waals surface area contributed by atoms with Crippen molar-refractivity contribution in [1.82, 2.24) is 0 Å². The first-order valence-electron chi connectivity index (χ1n) is 10.5. The third-order valence-corrected chi connectivity index (χ3v) is 5.80. The predicted molar refractivity (Wildman–Crippen MR) is 123 cm³/mol. The number of aliphatic hydroxyl groups excluding tert-OH is 1. The predicted octanol–water partition coefficient (Wildman–Crippen LogP) is 5.03. The molecule has 0 bridgehead atoms. The first-order valence-corrected chi connectivity index (χ1v) is 10.5. The van der Waals surface area contributed by atoms with Gasteiger partial charge in [-0.25, -0.2) is 0 Å². The van der Waals surface area contributed by atoms with E-state index >= 15 is 0 Å². The van der Waals surface area contributed by atoms with E-state index in [2.05, 4.69) is 5.32 Å². The summed E-state index contributed by atoms with van der Waals surface area (Å²) in [6, 6.07) is 20.3. The van der Waals surface area contributed by atoms with Crippen LogP contribution in [-0.2, 0) is 0 Å². The molecule has 1 atom stereocenters. The standard InChI is InChI=1S/C26H26N2O3/c1-17-8-3-4-9-20(17)25(30)27-19-13-14-21(18(2)16-19)26(31)28-15-7-12-24(29)22-10-5-6-11-23(22)28/h3-6,8-11,13-14,16,24,29H,7,12,15H2,1-2H3,(H,27,30). The van der Waals surface area contributed by atoms with Crippen molar-refractivity contribution in [1.29, 1.82) is 0 Å². The van der Waals surface area contributed by atoms with Crippen molar-refractivity contribution in [3.63, 3.8) is 0 Å². The second-order valence-electron chi connectivity index (χ2n) is 7.97. The number of aryl methyl sites for hydroxylation is 2. The number of hydrogen-bond donors (Lipinski definition) is 2. The van der Waals surface area contributed by atoms with E-state index in [1.54, 1.807) is 23.1 Å². The number of carbonyl (C=O) groups excluding carboxylic acids is 2. The minimum absolute atomic E-state index is 0.101. The first-order chi connectivity index (χ1) is 15.0. The van der Waals surface area contributed by atoms with Gasteiger partial charge in [0.2, 0.25) is 0 Å². The largest absolute Gasteiger partial charge is 0.388 e. The highest BCUT2D eigenvalue weighted by molar-refractivity contribution is 6.09. The van der Waals surface area contributed by atoms with Gasteiger partial charge in [-0.3, -0.25) is 9.59 Å². The highest BCUT2D eigenvalue weighted by Gasteiger charge is 2.26. The topological polar surface area (TPSA) is 69.6 Å². The fourth-order valence-electron chi connectivity index (χ4n) is 4.10. The lowest BCUT2D eigenvalue weighted by atomic mass is 10.0. The number of benzene rings is 3. The number of amides is 2. The molecule has 2 amide bonds. The van der Waals surface area contributed by atoms with Gasteiger partial charge in [0, 0.05) is 34.6 Å². The van der Waals surface area contributed by atoms with Gasteiger partial charge in [0.1, 0.15) is 0 Å². The second-order valence-corrected chi connectivity index (χ2v) is 7.97. The summed E-state index contributed by atoms with van der Waals surface area (Å²) in [5.41, 5.74) is 5.09. The summed E-state index contributed by atoms with van der Waals surface area (Å²) in [5, 5.41) is 13.3. The van der Waals surface area contributed by atoms with E-state index in [4.69, 9.17) is 0 Å². The van der Waals surface area contributed by atoms with E-state index in [0.29, 0.717) is 29.8 Å². The zero-order valence-corrected chi connectivity index (χ0v) is 17.8. The molecule has 0 radical (unpaired) electrons. The van der Waals surface area contributed by atoms with Crippen molar-refractivity contribution in [3.05, 3.63) is 94.5 Å². The Balaban J connectivity index is 1.58. The number of fused-ring (bicyclic) bond motifs is 1. The number of para-hydroxylation sites is 1. The molecule has 4 rings (SSSR count). The third-order valence-electron chi connectivity index (χ3n) is 5.80. The third kappa shape index (κ3) is 4.23. The van der Waals surface area contributed by atoms with Gasteiger partial charge >= 0.3 is 0 Å². The molecule has 1 aliphatic heterocycles. The van der Waals surface area contributed by atoms with Gasteiger partial charge in [-0.15, -0.1) is 0 Å². The maximum absolute atomic E-state index is 13.4. The molecule has 0 fully saturated rings. The van der Waals surface area contributed by atoms with Gasteiger partial charge in [-0.1, -0.05) is 36.4 Å². The van der Waals surface area contributed by atoms with Crippen LogP contribution in [0.15, 0.2) is 66.7 Å². The summed E-state index contributed by atoms with van der Waals surface area (Å²) < 4.78 is 0. The molecule has 5 heteroatoms. The second kappa shape index (κ2) is 8.74. The monoisotopic (exact) mass is 414 g/mol. The van der Waals surface area contributed by atoms with Gasteiger partial charge in [-0.2, -0.15) is 0 Å². The molecule has 1 heterocycles. The van der Waals surface area contributed by atoms with Gasteiger partial charge in [-0.05, 0) is 68.1 Å². The number of nitrogens with one attached hydrogen (secondary N) is 1. The Bertz CT molecular complexity index is 1140. The van der Waals surface area contributed by atoms with Crippen molar-refractivity contribution < 1.29 is 14.7 Å². The number of aliphatic hydroxyl groups is 1. The van der Waals surface area contributed by atoms with Crippen LogP contribution in [0.3, 0.4) is 0 Å². The molecule has 0 aromatic heterocycles. The fraction of sp³-hybridized carbons (Fsp3) is 0.231. The lowest BCUT2D eigenvalue weighted by Crippen LogP contribution is -2.32. The molecule has 2 N–H and O–H groups in total. The Labute approximate surface area is 182 Å². The molecule has 3 aromatic rings. The average Bonchev–Trinajstić information content (AvgIpc) is 2.93. The van der Waals surface area contributed by atoms with Gasteiger partial charge in [0.25, 0.3) is 11.8 Å². The minimum Gasteiger partial charge on any atom is -0.388 e. The Kier molecular flexibility index (Phi) is 5.87. The molecule has 158 valence electrons. The molecule has 31 heavy (non-hydrogen) atoms. The summed E-state index contributed by atoms with van der Waals surface area (Å²) in [5.74, 6) is -0.275. The maximum atomic E-state index is 13.4. The van der Waals surface area contributed by atoms with Crippen LogP contribution >= 0.6 is 0 Å². The maximum Gasteiger partial charge on any atom is 0.258 e. The molecule has 0 spiro atoms. The van der Waals surface area contributed by atoms with Crippen LogP contribution in [-0.4, -0.2) is 23.5 Å². The zero-order valence-electron chi connectivity index (χ0n) is 17.8. The highest BCUT2D eigenvalue weighted by Crippen LogP contribution is 2.34. The number of anilines is 2. The molecule has 0 saturated carbocycles. The molecular weight excluding hydrogens is 388 g/mol. The number of carbonyl (C=O) groups is 2. The van der Waals surface area contributed by atoms with Crippen LogP contribution in [0.5, 0.6) is 0 Å². The Morgan fingerprint density at radius 3 is 2.45 bits per heavy atom. The molecular formula is C26H26N2O3. The van der Waals surface area contributed by atoms with Gasteiger partial charge in [0.05, 0.1) is 6.10 Å². The lowest BCUT2D eigenvalue weighted by Gasteiger charge is -2.24. The molecule has 0 saturated heterocycles. The Hall–Kier alpha value is -3.44. The number of nitrogens with zero attached hydrogens (tertiary/aromatic N) is 1. The van der Waals surface area contributed by atoms with Crippen molar-refractivity contribution >= 4 is 23.2 Å². The lowest BCUT2D eigenvalue weighted by molar-refractivity contribution is 0.0985. The van der Waals surface area contributed by atoms with E-state index in [1.807, 2.05) is 62.4 Å². The summed E-state index contributed by atoms with van der Waals surface area (Å²) in [7, 11) is 0. The van der Waals surface area contributed by atoms with Crippen LogP contribution < -0.4 is 10.2 Å². The molecule has 3 aromatic carbocycles. The summed E-state index contributed by atoms with van der Waals surface area (Å²) in [4.78, 5) is 27.8. The zero-order chi connectivity index (χ0) is 22.0. The SMILES string of the molecule is Cc1ccccc1C(=O)Nc1ccc(C(=O)N2CCCC(O)c3ccccc32)c(C)c1. The van der Waals surface area contributed by atoms with E-state index in [0.717, 1.165) is 28.8 Å². The smallest absolute Gasteiger partial charge is 0.258 e. The van der Waals surface area contributed by atoms with E-state index in [-0.39, 0.29) is 11.8 Å². The number of rotatable bonds is 3. The van der Waals surface area contributed by atoms with Crippen LogP contribution in [0.1, 0.15) is 56.4 Å². The Morgan fingerprint density at radius 1 is 0.935 bits per heavy atom. The molecule has 5 nitrogen and oxygen atoms in total. The van der Waals surface area contributed by atoms with Crippen LogP contribution in [0, 0.1) is 13.8 Å². The number of hydrogen-bond acceptors (Lipinski definition) is 3. The normalized spacial score (nSPS) is 15.7. The molecule has 1 aliphatic rings. The molecule has 1 unspecified atom stereocenters. The van der Waals surface area contributed by atoms with Crippen LogP contribution in [0.25, 0.3) is 0 Å². The fourth-order valence-corrected chi connectivity index (χ4v) is 4.10. The van der Waals surface area contributed by atoms with Crippen molar-refractivity contribution in [2.45, 2.75) is 32.8 Å². The van der Waals surface area contributed by atoms with E-state index < -0.39 is 6.10 Å². The summed E-state index contributed by atoms with van der Waals surface area (Å²) >= 11 is 0. The average molecular weight is 415 g/mol. The summed E-state index contributed by atoms with van der Waals surface area (Å²) in [6.45, 7) is 4.32.